The van der Waals surface area contributed by atoms with Crippen molar-refractivity contribution in [3.05, 3.63) is 30.0 Å². The molecule has 2 heterocycles. The zero-order valence-corrected chi connectivity index (χ0v) is 11.8. The number of nitriles is 1. The Bertz CT molecular complexity index is 649. The number of nitrogens with two attached hydrogens (primary N) is 1. The zero-order valence-electron chi connectivity index (χ0n) is 11.8. The normalized spacial score (nSPS) is 15.6. The first kappa shape index (κ1) is 13.4. The lowest BCUT2D eigenvalue weighted by Gasteiger charge is -2.22. The molecule has 0 unspecified atom stereocenters. The fourth-order valence-corrected chi connectivity index (χ4v) is 2.74. The van der Waals surface area contributed by atoms with Gasteiger partial charge in [-0.25, -0.2) is 4.98 Å². The van der Waals surface area contributed by atoms with E-state index in [1.54, 1.807) is 6.20 Å². The topological polar surface area (TPSA) is 92.5 Å². The van der Waals surface area contributed by atoms with E-state index in [-0.39, 0.29) is 0 Å². The molecular formula is C15H18N6. The lowest BCUT2D eigenvalue weighted by atomic mass is 9.95. The smallest absolute Gasteiger partial charge is 0.169 e. The third-order valence-electron chi connectivity index (χ3n) is 3.85. The van der Waals surface area contributed by atoms with Crippen LogP contribution in [0.15, 0.2) is 24.4 Å². The summed E-state index contributed by atoms with van der Waals surface area (Å²) in [7, 11) is 0. The lowest BCUT2D eigenvalue weighted by molar-refractivity contribution is 0.461. The van der Waals surface area contributed by atoms with Gasteiger partial charge in [0.2, 0.25) is 0 Å². The molecule has 2 aromatic heterocycles. The van der Waals surface area contributed by atoms with Crippen molar-refractivity contribution in [2.24, 2.45) is 0 Å². The number of rotatable bonds is 3. The van der Waals surface area contributed by atoms with E-state index in [4.69, 9.17) is 5.73 Å². The molecule has 1 aliphatic rings. The monoisotopic (exact) mass is 282 g/mol. The van der Waals surface area contributed by atoms with Crippen LogP contribution in [0.2, 0.25) is 0 Å². The van der Waals surface area contributed by atoms with Crippen LogP contribution in [0.25, 0.3) is 5.82 Å². The summed E-state index contributed by atoms with van der Waals surface area (Å²) in [4.78, 5) is 4.23. The first-order valence-electron chi connectivity index (χ1n) is 7.26. The fourth-order valence-electron chi connectivity index (χ4n) is 2.74. The Kier molecular flexibility index (Phi) is 3.73. The fraction of sp³-hybridized carbons (Fsp3) is 0.400. The van der Waals surface area contributed by atoms with Crippen molar-refractivity contribution in [1.82, 2.24) is 14.8 Å². The minimum absolute atomic E-state index is 0.328. The molecule has 3 N–H and O–H groups in total. The van der Waals surface area contributed by atoms with Crippen LogP contribution >= 0.6 is 0 Å². The van der Waals surface area contributed by atoms with Gasteiger partial charge in [-0.2, -0.15) is 9.94 Å². The molecule has 2 aromatic rings. The number of nitrogen functional groups attached to an aromatic ring is 1. The second-order valence-corrected chi connectivity index (χ2v) is 5.30. The number of pyridine rings is 1. The summed E-state index contributed by atoms with van der Waals surface area (Å²) in [6.45, 7) is 0. The molecule has 108 valence electrons. The summed E-state index contributed by atoms with van der Waals surface area (Å²) >= 11 is 0. The molecule has 0 radical (unpaired) electrons. The van der Waals surface area contributed by atoms with Gasteiger partial charge in [0, 0.05) is 12.2 Å². The Balaban J connectivity index is 1.92. The van der Waals surface area contributed by atoms with Gasteiger partial charge < -0.3 is 11.1 Å². The highest BCUT2D eigenvalue weighted by Gasteiger charge is 2.21. The highest BCUT2D eigenvalue weighted by molar-refractivity contribution is 5.65. The van der Waals surface area contributed by atoms with E-state index >= 15 is 0 Å². The highest BCUT2D eigenvalue weighted by atomic mass is 15.4. The van der Waals surface area contributed by atoms with E-state index in [9.17, 15) is 5.26 Å². The van der Waals surface area contributed by atoms with Gasteiger partial charge in [-0.05, 0) is 25.0 Å². The number of aromatic nitrogens is 3. The van der Waals surface area contributed by atoms with Crippen molar-refractivity contribution in [3.63, 3.8) is 0 Å². The molecular weight excluding hydrogens is 264 g/mol. The predicted molar refractivity (Wildman–Crippen MR) is 81.0 cm³/mol. The SMILES string of the molecule is N#Cc1c(NC2CCCCC2)nn(-c2ccccn2)c1N. The van der Waals surface area contributed by atoms with Gasteiger partial charge in [-0.3, -0.25) is 0 Å². The van der Waals surface area contributed by atoms with E-state index in [1.807, 2.05) is 18.2 Å². The maximum absolute atomic E-state index is 9.35. The molecule has 0 atom stereocenters. The molecule has 0 saturated heterocycles. The Morgan fingerprint density at radius 2 is 2.10 bits per heavy atom. The zero-order chi connectivity index (χ0) is 14.7. The van der Waals surface area contributed by atoms with Gasteiger partial charge in [-0.15, -0.1) is 5.10 Å². The molecule has 1 aliphatic carbocycles. The Labute approximate surface area is 123 Å². The summed E-state index contributed by atoms with van der Waals surface area (Å²) in [6, 6.07) is 8.03. The van der Waals surface area contributed by atoms with Crippen LogP contribution in [0.1, 0.15) is 37.7 Å². The van der Waals surface area contributed by atoms with Crippen molar-refractivity contribution < 1.29 is 0 Å². The molecule has 1 fully saturated rings. The molecule has 6 heteroatoms. The molecule has 0 amide bonds. The first-order valence-corrected chi connectivity index (χ1v) is 7.26. The summed E-state index contributed by atoms with van der Waals surface area (Å²) in [5, 5.41) is 17.2. The largest absolute Gasteiger partial charge is 0.382 e. The van der Waals surface area contributed by atoms with Crippen molar-refractivity contribution in [3.8, 4) is 11.9 Å². The Morgan fingerprint density at radius 3 is 2.76 bits per heavy atom. The number of hydrogen-bond acceptors (Lipinski definition) is 5. The van der Waals surface area contributed by atoms with Crippen molar-refractivity contribution in [1.29, 1.82) is 5.26 Å². The van der Waals surface area contributed by atoms with E-state index in [1.165, 1.54) is 23.9 Å². The number of hydrogen-bond donors (Lipinski definition) is 2. The van der Waals surface area contributed by atoms with E-state index in [0.29, 0.717) is 29.1 Å². The minimum Gasteiger partial charge on any atom is -0.382 e. The number of anilines is 2. The van der Waals surface area contributed by atoms with Crippen LogP contribution in [0.4, 0.5) is 11.6 Å². The molecule has 0 bridgehead atoms. The van der Waals surface area contributed by atoms with Gasteiger partial charge >= 0.3 is 0 Å². The highest BCUT2D eigenvalue weighted by Crippen LogP contribution is 2.27. The van der Waals surface area contributed by atoms with Crippen molar-refractivity contribution in [2.75, 3.05) is 11.1 Å². The summed E-state index contributed by atoms with van der Waals surface area (Å²) in [5.74, 6) is 1.50. The van der Waals surface area contributed by atoms with Gasteiger partial charge in [0.05, 0.1) is 0 Å². The summed E-state index contributed by atoms with van der Waals surface area (Å²) < 4.78 is 1.52. The first-order chi connectivity index (χ1) is 10.3. The third kappa shape index (κ3) is 2.68. The number of nitrogens with zero attached hydrogens (tertiary/aromatic N) is 4. The molecule has 0 aliphatic heterocycles. The predicted octanol–water partition coefficient (Wildman–Crippen LogP) is 2.47. The number of nitrogens with one attached hydrogen (secondary N) is 1. The maximum Gasteiger partial charge on any atom is 0.169 e. The second-order valence-electron chi connectivity index (χ2n) is 5.30. The summed E-state index contributed by atoms with van der Waals surface area (Å²) in [6.07, 6.45) is 7.62. The molecule has 3 rings (SSSR count). The molecule has 1 saturated carbocycles. The second kappa shape index (κ2) is 5.83. The van der Waals surface area contributed by atoms with Gasteiger partial charge in [0.25, 0.3) is 0 Å². The van der Waals surface area contributed by atoms with Crippen LogP contribution < -0.4 is 11.1 Å². The van der Waals surface area contributed by atoms with Gasteiger partial charge in [-0.1, -0.05) is 25.3 Å². The maximum atomic E-state index is 9.35. The molecule has 0 spiro atoms. The third-order valence-corrected chi connectivity index (χ3v) is 3.85. The van der Waals surface area contributed by atoms with E-state index in [2.05, 4.69) is 21.5 Å². The van der Waals surface area contributed by atoms with E-state index in [0.717, 1.165) is 12.8 Å². The van der Waals surface area contributed by atoms with Gasteiger partial charge in [0.1, 0.15) is 17.5 Å². The molecule has 6 nitrogen and oxygen atoms in total. The van der Waals surface area contributed by atoms with E-state index < -0.39 is 0 Å². The van der Waals surface area contributed by atoms with Crippen LogP contribution in [-0.2, 0) is 0 Å². The molecule has 0 aromatic carbocycles. The standard InChI is InChI=1S/C15H18N6/c16-10-12-14(17)21(13-8-4-5-9-18-13)20-15(12)19-11-6-2-1-3-7-11/h4-5,8-9,11H,1-3,6-7,17H2,(H,19,20). The van der Waals surface area contributed by atoms with Crippen LogP contribution in [-0.4, -0.2) is 20.8 Å². The van der Waals surface area contributed by atoms with Crippen LogP contribution in [0.5, 0.6) is 0 Å². The van der Waals surface area contributed by atoms with Crippen molar-refractivity contribution >= 4 is 11.6 Å². The Hall–Kier alpha value is -2.55. The molecule has 21 heavy (non-hydrogen) atoms. The summed E-state index contributed by atoms with van der Waals surface area (Å²) in [5.41, 5.74) is 6.44. The average Bonchev–Trinajstić information content (AvgIpc) is 2.85. The van der Waals surface area contributed by atoms with Crippen LogP contribution in [0.3, 0.4) is 0 Å². The van der Waals surface area contributed by atoms with Crippen LogP contribution in [0, 0.1) is 11.3 Å². The lowest BCUT2D eigenvalue weighted by Crippen LogP contribution is -2.23. The van der Waals surface area contributed by atoms with Gasteiger partial charge in [0.15, 0.2) is 11.6 Å². The quantitative estimate of drug-likeness (QED) is 0.902. The van der Waals surface area contributed by atoms with Crippen molar-refractivity contribution in [2.45, 2.75) is 38.1 Å². The Morgan fingerprint density at radius 1 is 1.29 bits per heavy atom. The minimum atomic E-state index is 0.328. The average molecular weight is 282 g/mol.